The summed E-state index contributed by atoms with van der Waals surface area (Å²) in [6.07, 6.45) is 5.92. The van der Waals surface area contributed by atoms with Crippen LogP contribution in [0.3, 0.4) is 0 Å². The average molecular weight is 269 g/mol. The lowest BCUT2D eigenvalue weighted by molar-refractivity contribution is 0.328. The summed E-state index contributed by atoms with van der Waals surface area (Å²) in [5.41, 5.74) is 5.07. The fourth-order valence-corrected chi connectivity index (χ4v) is 2.77. The first kappa shape index (κ1) is 13.4. The van der Waals surface area contributed by atoms with Crippen molar-refractivity contribution >= 4 is 0 Å². The van der Waals surface area contributed by atoms with E-state index in [1.807, 2.05) is 6.20 Å². The topological polar surface area (TPSA) is 31.9 Å². The quantitative estimate of drug-likeness (QED) is 0.865. The van der Waals surface area contributed by atoms with Crippen molar-refractivity contribution in [1.82, 2.24) is 15.1 Å². The molecule has 1 heterocycles. The van der Waals surface area contributed by atoms with E-state index in [4.69, 9.17) is 0 Å². The van der Waals surface area contributed by atoms with E-state index in [0.717, 1.165) is 24.7 Å². The Morgan fingerprint density at radius 2 is 2.00 bits per heavy atom. The van der Waals surface area contributed by atoms with Crippen LogP contribution >= 0.6 is 0 Å². The number of H-pyrrole nitrogens is 1. The van der Waals surface area contributed by atoms with E-state index in [1.54, 1.807) is 0 Å². The molecule has 0 unspecified atom stereocenters. The van der Waals surface area contributed by atoms with Gasteiger partial charge >= 0.3 is 0 Å². The number of hydrogen-bond donors (Lipinski definition) is 1. The zero-order valence-corrected chi connectivity index (χ0v) is 12.4. The van der Waals surface area contributed by atoms with Crippen molar-refractivity contribution in [1.29, 1.82) is 0 Å². The van der Waals surface area contributed by atoms with Crippen LogP contribution in [0, 0.1) is 0 Å². The summed E-state index contributed by atoms with van der Waals surface area (Å²) in [5, 5.41) is 7.46. The Labute approximate surface area is 121 Å². The molecule has 0 spiro atoms. The number of benzene rings is 1. The number of hydrogen-bond acceptors (Lipinski definition) is 2. The zero-order chi connectivity index (χ0) is 13.9. The summed E-state index contributed by atoms with van der Waals surface area (Å²) >= 11 is 0. The molecular weight excluding hydrogens is 246 g/mol. The second-order valence-electron chi connectivity index (χ2n) is 5.89. The van der Waals surface area contributed by atoms with Crippen LogP contribution in [0.2, 0.25) is 0 Å². The molecule has 1 fully saturated rings. The second-order valence-corrected chi connectivity index (χ2v) is 5.89. The van der Waals surface area contributed by atoms with E-state index >= 15 is 0 Å². The number of aromatic amines is 1. The first-order valence-electron chi connectivity index (χ1n) is 7.59. The third kappa shape index (κ3) is 2.93. The molecular formula is C17H23N3. The Kier molecular flexibility index (Phi) is 3.88. The molecule has 0 saturated heterocycles. The van der Waals surface area contributed by atoms with Crippen LogP contribution in [0.25, 0.3) is 11.3 Å². The van der Waals surface area contributed by atoms with Gasteiger partial charge in [0.25, 0.3) is 0 Å². The maximum Gasteiger partial charge on any atom is 0.0965 e. The normalized spacial score (nSPS) is 14.9. The van der Waals surface area contributed by atoms with Gasteiger partial charge in [-0.25, -0.2) is 0 Å². The van der Waals surface area contributed by atoms with Crippen LogP contribution < -0.4 is 0 Å². The van der Waals surface area contributed by atoms with Crippen LogP contribution in [-0.2, 0) is 6.54 Å². The molecule has 3 rings (SSSR count). The Hall–Kier alpha value is -1.61. The molecule has 0 amide bonds. The predicted octanol–water partition coefficient (Wildman–Crippen LogP) is 3.80. The molecule has 1 aliphatic carbocycles. The second kappa shape index (κ2) is 5.80. The van der Waals surface area contributed by atoms with Gasteiger partial charge in [-0.05, 0) is 44.3 Å². The molecule has 1 N–H and O–H groups in total. The molecule has 0 bridgehead atoms. The largest absolute Gasteiger partial charge is 0.302 e. The van der Waals surface area contributed by atoms with E-state index in [2.05, 4.69) is 53.3 Å². The minimum Gasteiger partial charge on any atom is -0.302 e. The summed E-state index contributed by atoms with van der Waals surface area (Å²) < 4.78 is 0. The molecule has 20 heavy (non-hydrogen) atoms. The van der Waals surface area contributed by atoms with Gasteiger partial charge in [-0.1, -0.05) is 31.2 Å². The van der Waals surface area contributed by atoms with E-state index in [-0.39, 0.29) is 0 Å². The van der Waals surface area contributed by atoms with Crippen LogP contribution in [0.1, 0.15) is 43.2 Å². The zero-order valence-electron chi connectivity index (χ0n) is 12.4. The van der Waals surface area contributed by atoms with Crippen LogP contribution in [0.5, 0.6) is 0 Å². The highest BCUT2D eigenvalue weighted by Crippen LogP contribution is 2.40. The summed E-state index contributed by atoms with van der Waals surface area (Å²) in [6.45, 7) is 4.28. The van der Waals surface area contributed by atoms with Crippen molar-refractivity contribution in [3.05, 3.63) is 41.6 Å². The highest BCUT2D eigenvalue weighted by atomic mass is 15.1. The van der Waals surface area contributed by atoms with Crippen LogP contribution in [-0.4, -0.2) is 28.7 Å². The van der Waals surface area contributed by atoms with Gasteiger partial charge in [-0.3, -0.25) is 5.10 Å². The molecule has 1 aromatic carbocycles. The summed E-state index contributed by atoms with van der Waals surface area (Å²) in [7, 11) is 2.16. The third-order valence-electron chi connectivity index (χ3n) is 4.00. The molecule has 2 aromatic rings. The summed E-state index contributed by atoms with van der Waals surface area (Å²) in [5.74, 6) is 0.818. The Morgan fingerprint density at radius 3 is 2.65 bits per heavy atom. The lowest BCUT2D eigenvalue weighted by Gasteiger charge is -2.15. The predicted molar refractivity (Wildman–Crippen MR) is 82.6 cm³/mol. The van der Waals surface area contributed by atoms with Crippen LogP contribution in [0.4, 0.5) is 0 Å². The average Bonchev–Trinajstić information content (AvgIpc) is 3.20. The lowest BCUT2D eigenvalue weighted by atomic mass is 10.0. The minimum absolute atomic E-state index is 0.818. The number of aromatic nitrogens is 2. The van der Waals surface area contributed by atoms with E-state index < -0.39 is 0 Å². The SMILES string of the molecule is CCCN(C)Cc1c[nH]nc1-c1ccc(C2CC2)cc1. The highest BCUT2D eigenvalue weighted by Gasteiger charge is 2.23. The van der Waals surface area contributed by atoms with Crippen LogP contribution in [0.15, 0.2) is 30.5 Å². The fraction of sp³-hybridized carbons (Fsp3) is 0.471. The standard InChI is InChI=1S/C17H23N3/c1-3-10-20(2)12-16-11-18-19-17(16)15-8-6-14(7-9-15)13-4-5-13/h6-9,11,13H,3-5,10,12H2,1-2H3,(H,18,19). The molecule has 1 aliphatic rings. The van der Waals surface area contributed by atoms with E-state index in [0.29, 0.717) is 0 Å². The van der Waals surface area contributed by atoms with Gasteiger partial charge < -0.3 is 4.90 Å². The van der Waals surface area contributed by atoms with Crippen molar-refractivity contribution in [2.45, 2.75) is 38.6 Å². The van der Waals surface area contributed by atoms with Crippen molar-refractivity contribution in [3.63, 3.8) is 0 Å². The monoisotopic (exact) mass is 269 g/mol. The third-order valence-corrected chi connectivity index (χ3v) is 4.00. The number of nitrogens with one attached hydrogen (secondary N) is 1. The lowest BCUT2D eigenvalue weighted by Crippen LogP contribution is -2.18. The van der Waals surface area contributed by atoms with Gasteiger partial charge in [0, 0.05) is 23.9 Å². The molecule has 0 radical (unpaired) electrons. The minimum atomic E-state index is 0.818. The van der Waals surface area contributed by atoms with Gasteiger partial charge in [0.15, 0.2) is 0 Å². The van der Waals surface area contributed by atoms with Gasteiger partial charge in [-0.15, -0.1) is 0 Å². The Bertz CT molecular complexity index is 552. The first-order valence-corrected chi connectivity index (χ1v) is 7.59. The van der Waals surface area contributed by atoms with Gasteiger partial charge in [0.1, 0.15) is 0 Å². The molecule has 106 valence electrons. The maximum atomic E-state index is 4.44. The van der Waals surface area contributed by atoms with Gasteiger partial charge in [0.2, 0.25) is 0 Å². The first-order chi connectivity index (χ1) is 9.78. The molecule has 0 atom stereocenters. The highest BCUT2D eigenvalue weighted by molar-refractivity contribution is 5.63. The summed E-state index contributed by atoms with van der Waals surface area (Å²) in [4.78, 5) is 2.34. The van der Waals surface area contributed by atoms with Gasteiger partial charge in [0.05, 0.1) is 5.69 Å². The van der Waals surface area contributed by atoms with Gasteiger partial charge in [-0.2, -0.15) is 5.10 Å². The van der Waals surface area contributed by atoms with E-state index in [1.165, 1.54) is 36.0 Å². The molecule has 1 saturated carbocycles. The molecule has 3 nitrogen and oxygen atoms in total. The number of nitrogens with zero attached hydrogens (tertiary/aromatic N) is 2. The maximum absolute atomic E-state index is 4.44. The smallest absolute Gasteiger partial charge is 0.0965 e. The number of rotatable bonds is 6. The van der Waals surface area contributed by atoms with Crippen molar-refractivity contribution in [3.8, 4) is 11.3 Å². The van der Waals surface area contributed by atoms with Crippen molar-refractivity contribution in [2.24, 2.45) is 0 Å². The molecule has 0 aliphatic heterocycles. The Morgan fingerprint density at radius 1 is 1.25 bits per heavy atom. The van der Waals surface area contributed by atoms with Crippen molar-refractivity contribution in [2.75, 3.05) is 13.6 Å². The fourth-order valence-electron chi connectivity index (χ4n) is 2.77. The van der Waals surface area contributed by atoms with E-state index in [9.17, 15) is 0 Å². The molecule has 1 aromatic heterocycles. The van der Waals surface area contributed by atoms with Crippen molar-refractivity contribution < 1.29 is 0 Å². The Balaban J connectivity index is 1.77. The summed E-state index contributed by atoms with van der Waals surface area (Å²) in [6, 6.07) is 8.96. The molecule has 3 heteroatoms.